The molecule has 0 amide bonds. The number of pyridine rings is 1. The number of benzene rings is 1. The molecule has 0 radical (unpaired) electrons. The van der Waals surface area contributed by atoms with E-state index in [0.717, 1.165) is 30.4 Å². The number of nitrogens with one attached hydrogen (secondary N) is 1. The fourth-order valence-corrected chi connectivity index (χ4v) is 2.39. The maximum absolute atomic E-state index is 4.47. The quantitative estimate of drug-likeness (QED) is 0.867. The van der Waals surface area contributed by atoms with Crippen LogP contribution in [0.25, 0.3) is 10.9 Å². The molecule has 0 spiro atoms. The zero-order valence-electron chi connectivity index (χ0n) is 10.2. The molecule has 1 aliphatic carbocycles. The minimum atomic E-state index is 0.901. The number of hydrogen-bond acceptors (Lipinski definition) is 2. The van der Waals surface area contributed by atoms with Crippen LogP contribution in [0, 0.1) is 11.8 Å². The average molecular weight is 226 g/mol. The Kier molecular flexibility index (Phi) is 2.81. The number of rotatable bonds is 4. The van der Waals surface area contributed by atoms with Gasteiger partial charge in [-0.3, -0.25) is 4.98 Å². The third kappa shape index (κ3) is 2.32. The van der Waals surface area contributed by atoms with Gasteiger partial charge in [0.15, 0.2) is 0 Å². The predicted molar refractivity (Wildman–Crippen MR) is 70.7 cm³/mol. The maximum Gasteiger partial charge on any atom is 0.0746 e. The summed E-state index contributed by atoms with van der Waals surface area (Å²) in [6.07, 6.45) is 3.26. The Hall–Kier alpha value is -1.41. The van der Waals surface area contributed by atoms with E-state index >= 15 is 0 Å². The van der Waals surface area contributed by atoms with Crippen molar-refractivity contribution in [2.45, 2.75) is 19.9 Å². The number of hydrogen-bond donors (Lipinski definition) is 1. The lowest BCUT2D eigenvalue weighted by atomic mass is 10.1. The Morgan fingerprint density at radius 3 is 2.94 bits per heavy atom. The fraction of sp³-hybridized carbons (Fsp3) is 0.400. The summed E-state index contributed by atoms with van der Waals surface area (Å²) in [4.78, 5) is 4.47. The highest BCUT2D eigenvalue weighted by Crippen LogP contribution is 2.36. The maximum atomic E-state index is 4.47. The molecular weight excluding hydrogens is 208 g/mol. The van der Waals surface area contributed by atoms with Crippen molar-refractivity contribution >= 4 is 10.9 Å². The van der Waals surface area contributed by atoms with Crippen molar-refractivity contribution in [3.63, 3.8) is 0 Å². The second-order valence-electron chi connectivity index (χ2n) is 5.10. The van der Waals surface area contributed by atoms with Gasteiger partial charge in [0.25, 0.3) is 0 Å². The van der Waals surface area contributed by atoms with Gasteiger partial charge in [0.1, 0.15) is 0 Å². The molecule has 1 fully saturated rings. The first-order chi connectivity index (χ1) is 8.34. The van der Waals surface area contributed by atoms with E-state index in [4.69, 9.17) is 0 Å². The normalized spacial score (nSPS) is 22.9. The van der Waals surface area contributed by atoms with Gasteiger partial charge in [0.05, 0.1) is 5.52 Å². The van der Waals surface area contributed by atoms with E-state index in [2.05, 4.69) is 41.5 Å². The van der Waals surface area contributed by atoms with Crippen molar-refractivity contribution in [3.8, 4) is 0 Å². The minimum Gasteiger partial charge on any atom is -0.312 e. The molecule has 0 aliphatic heterocycles. The molecule has 2 heteroatoms. The molecule has 2 nitrogen and oxygen atoms in total. The van der Waals surface area contributed by atoms with E-state index in [1.807, 2.05) is 12.3 Å². The van der Waals surface area contributed by atoms with Gasteiger partial charge in [0, 0.05) is 18.1 Å². The molecule has 2 atom stereocenters. The fourth-order valence-electron chi connectivity index (χ4n) is 2.39. The highest BCUT2D eigenvalue weighted by atomic mass is 14.9. The highest BCUT2D eigenvalue weighted by molar-refractivity contribution is 5.81. The molecule has 2 unspecified atom stereocenters. The number of nitrogens with zero attached hydrogens (tertiary/aromatic N) is 1. The van der Waals surface area contributed by atoms with Crippen LogP contribution in [-0.4, -0.2) is 11.5 Å². The third-order valence-corrected chi connectivity index (χ3v) is 3.71. The van der Waals surface area contributed by atoms with Crippen LogP contribution in [0.3, 0.4) is 0 Å². The van der Waals surface area contributed by atoms with Crippen molar-refractivity contribution in [1.29, 1.82) is 0 Å². The lowest BCUT2D eigenvalue weighted by Crippen LogP contribution is -2.17. The Morgan fingerprint density at radius 2 is 2.12 bits per heavy atom. The summed E-state index contributed by atoms with van der Waals surface area (Å²) in [6.45, 7) is 4.40. The van der Waals surface area contributed by atoms with Gasteiger partial charge in [-0.2, -0.15) is 0 Å². The summed E-state index contributed by atoms with van der Waals surface area (Å²) in [5.74, 6) is 1.83. The Balaban J connectivity index is 1.71. The van der Waals surface area contributed by atoms with Gasteiger partial charge in [-0.15, -0.1) is 0 Å². The van der Waals surface area contributed by atoms with E-state index in [-0.39, 0.29) is 0 Å². The molecule has 3 rings (SSSR count). The standard InChI is InChI=1S/C15H18N2/c1-11-8-14(11)10-16-9-13-5-2-4-12-6-3-7-17-15(12)13/h2-7,11,14,16H,8-10H2,1H3. The molecule has 1 saturated carbocycles. The van der Waals surface area contributed by atoms with Crippen molar-refractivity contribution in [3.05, 3.63) is 42.1 Å². The van der Waals surface area contributed by atoms with E-state index in [9.17, 15) is 0 Å². The van der Waals surface area contributed by atoms with Crippen LogP contribution in [0.15, 0.2) is 36.5 Å². The van der Waals surface area contributed by atoms with Crippen LogP contribution in [0.1, 0.15) is 18.9 Å². The molecule has 2 aromatic rings. The summed E-state index contributed by atoms with van der Waals surface area (Å²) in [5, 5.41) is 4.77. The lowest BCUT2D eigenvalue weighted by molar-refractivity contribution is 0.613. The van der Waals surface area contributed by atoms with E-state index in [0.29, 0.717) is 0 Å². The summed E-state index contributed by atoms with van der Waals surface area (Å²) in [7, 11) is 0. The zero-order valence-corrected chi connectivity index (χ0v) is 10.2. The minimum absolute atomic E-state index is 0.901. The second kappa shape index (κ2) is 4.46. The molecule has 1 N–H and O–H groups in total. The van der Waals surface area contributed by atoms with Gasteiger partial charge in [0.2, 0.25) is 0 Å². The highest BCUT2D eigenvalue weighted by Gasteiger charge is 2.31. The van der Waals surface area contributed by atoms with Crippen LogP contribution in [0.5, 0.6) is 0 Å². The Bertz CT molecular complexity index is 516. The van der Waals surface area contributed by atoms with Crippen molar-refractivity contribution in [2.24, 2.45) is 11.8 Å². The first-order valence-electron chi connectivity index (χ1n) is 6.38. The summed E-state index contributed by atoms with van der Waals surface area (Å²) in [6, 6.07) is 10.5. The molecule has 88 valence electrons. The SMILES string of the molecule is CC1CC1CNCc1cccc2cccnc12. The largest absolute Gasteiger partial charge is 0.312 e. The van der Waals surface area contributed by atoms with Crippen LogP contribution in [-0.2, 0) is 6.54 Å². The topological polar surface area (TPSA) is 24.9 Å². The Labute approximate surface area is 102 Å². The smallest absolute Gasteiger partial charge is 0.0746 e. The molecule has 1 heterocycles. The number of aromatic nitrogens is 1. The lowest BCUT2D eigenvalue weighted by Gasteiger charge is -2.07. The number of para-hydroxylation sites is 1. The van der Waals surface area contributed by atoms with Gasteiger partial charge < -0.3 is 5.32 Å². The monoisotopic (exact) mass is 226 g/mol. The van der Waals surface area contributed by atoms with Gasteiger partial charge in [-0.25, -0.2) is 0 Å². The van der Waals surface area contributed by atoms with Crippen molar-refractivity contribution in [1.82, 2.24) is 10.3 Å². The van der Waals surface area contributed by atoms with Crippen LogP contribution < -0.4 is 5.32 Å². The molecule has 0 bridgehead atoms. The average Bonchev–Trinajstić information content (AvgIpc) is 3.06. The second-order valence-corrected chi connectivity index (χ2v) is 5.10. The van der Waals surface area contributed by atoms with Gasteiger partial charge >= 0.3 is 0 Å². The van der Waals surface area contributed by atoms with E-state index in [1.165, 1.54) is 17.4 Å². The zero-order chi connectivity index (χ0) is 11.7. The van der Waals surface area contributed by atoms with Crippen LogP contribution in [0.2, 0.25) is 0 Å². The van der Waals surface area contributed by atoms with Gasteiger partial charge in [-0.1, -0.05) is 31.2 Å². The van der Waals surface area contributed by atoms with Gasteiger partial charge in [-0.05, 0) is 36.4 Å². The van der Waals surface area contributed by atoms with Crippen molar-refractivity contribution < 1.29 is 0 Å². The van der Waals surface area contributed by atoms with Crippen LogP contribution in [0.4, 0.5) is 0 Å². The first kappa shape index (κ1) is 10.7. The van der Waals surface area contributed by atoms with E-state index < -0.39 is 0 Å². The molecule has 1 aliphatic rings. The third-order valence-electron chi connectivity index (χ3n) is 3.71. The number of fused-ring (bicyclic) bond motifs is 1. The molecule has 17 heavy (non-hydrogen) atoms. The van der Waals surface area contributed by atoms with E-state index in [1.54, 1.807) is 0 Å². The van der Waals surface area contributed by atoms with Crippen LogP contribution >= 0.6 is 0 Å². The summed E-state index contributed by atoms with van der Waals surface area (Å²) < 4.78 is 0. The summed E-state index contributed by atoms with van der Waals surface area (Å²) in [5.41, 5.74) is 2.43. The first-order valence-corrected chi connectivity index (χ1v) is 6.38. The summed E-state index contributed by atoms with van der Waals surface area (Å²) >= 11 is 0. The molecule has 1 aromatic carbocycles. The Morgan fingerprint density at radius 1 is 1.29 bits per heavy atom. The predicted octanol–water partition coefficient (Wildman–Crippen LogP) is 2.98. The molecule has 1 aromatic heterocycles. The molecular formula is C15H18N2. The molecule has 0 saturated heterocycles. The van der Waals surface area contributed by atoms with Crippen molar-refractivity contribution in [2.75, 3.05) is 6.54 Å².